The van der Waals surface area contributed by atoms with Crippen LogP contribution in [-0.4, -0.2) is 22.2 Å². The van der Waals surface area contributed by atoms with Crippen molar-refractivity contribution in [2.45, 2.75) is 59.8 Å². The van der Waals surface area contributed by atoms with Gasteiger partial charge in [0.1, 0.15) is 0 Å². The van der Waals surface area contributed by atoms with Gasteiger partial charge in [0, 0.05) is 21.4 Å². The Hall–Kier alpha value is -3.42. The summed E-state index contributed by atoms with van der Waals surface area (Å²) in [4.78, 5) is 22.1. The van der Waals surface area contributed by atoms with Gasteiger partial charge in [0.15, 0.2) is 0 Å². The predicted octanol–water partition coefficient (Wildman–Crippen LogP) is 10.7. The number of aryl methyl sites for hydroxylation is 2. The van der Waals surface area contributed by atoms with Crippen molar-refractivity contribution >= 4 is 81.1 Å². The highest BCUT2D eigenvalue weighted by Gasteiger charge is 2.14. The van der Waals surface area contributed by atoms with Crippen LogP contribution < -0.4 is 10.6 Å². The number of carbonyl (C=O) groups is 2. The minimum Gasteiger partial charge on any atom is -0.481 e. The van der Waals surface area contributed by atoms with Crippen LogP contribution in [0.1, 0.15) is 54.2 Å². The molecule has 0 radical (unpaired) electrons. The summed E-state index contributed by atoms with van der Waals surface area (Å²) in [6.45, 7) is 7.94. The molecule has 0 aliphatic carbocycles. The molecule has 10 heteroatoms. The first kappa shape index (κ1) is 36.1. The summed E-state index contributed by atoms with van der Waals surface area (Å²) in [5.41, 5.74) is 8.25. The number of hydrogen-bond donors (Lipinski definition) is 4. The fourth-order valence-corrected chi connectivity index (χ4v) is 6.15. The van der Waals surface area contributed by atoms with Crippen molar-refractivity contribution in [2.75, 3.05) is 10.6 Å². The summed E-state index contributed by atoms with van der Waals surface area (Å²) in [6, 6.07) is 18.7. The maximum Gasteiger partial charge on any atom is 0.307 e. The van der Waals surface area contributed by atoms with Crippen LogP contribution in [0.5, 0.6) is 0 Å². The Morgan fingerprint density at radius 1 is 0.600 bits per heavy atom. The first-order chi connectivity index (χ1) is 21.4. The van der Waals surface area contributed by atoms with E-state index in [0.29, 0.717) is 20.1 Å². The molecular weight excluding hydrogens is 654 g/mol. The van der Waals surface area contributed by atoms with Crippen LogP contribution in [0.4, 0.5) is 22.7 Å². The molecule has 6 nitrogen and oxygen atoms in total. The van der Waals surface area contributed by atoms with Crippen LogP contribution in [-0.2, 0) is 41.7 Å². The van der Waals surface area contributed by atoms with Gasteiger partial charge < -0.3 is 20.8 Å². The molecule has 0 aliphatic rings. The van der Waals surface area contributed by atoms with E-state index in [1.54, 1.807) is 18.2 Å². The lowest BCUT2D eigenvalue weighted by atomic mass is 10.0. The smallest absolute Gasteiger partial charge is 0.307 e. The minimum absolute atomic E-state index is 0.0397. The highest BCUT2D eigenvalue weighted by Crippen LogP contribution is 2.36. The summed E-state index contributed by atoms with van der Waals surface area (Å²) in [7, 11) is 0. The Morgan fingerprint density at radius 3 is 1.44 bits per heavy atom. The number of hydrogen-bond acceptors (Lipinski definition) is 4. The summed E-state index contributed by atoms with van der Waals surface area (Å²) < 4.78 is 0. The Kier molecular flexibility index (Phi) is 13.4. The SMILES string of the molecule is CCc1c(Cl)ccc(Nc2ccc(C)cc2CC(=O)O)c1Cl.CCc1ccc(Nc2ccc(Cl)c(CC)c2Cl)c(CC(=O)O)c1. The fraction of sp³-hybridized carbons (Fsp3) is 0.257. The van der Waals surface area contributed by atoms with Gasteiger partial charge in [-0.3, -0.25) is 9.59 Å². The van der Waals surface area contributed by atoms with E-state index in [2.05, 4.69) is 10.6 Å². The molecule has 0 fully saturated rings. The third kappa shape index (κ3) is 9.78. The second-order valence-electron chi connectivity index (χ2n) is 10.4. The van der Waals surface area contributed by atoms with Gasteiger partial charge in [0.2, 0.25) is 0 Å². The van der Waals surface area contributed by atoms with Gasteiger partial charge >= 0.3 is 11.9 Å². The number of halogens is 4. The lowest BCUT2D eigenvalue weighted by Gasteiger charge is -2.16. The summed E-state index contributed by atoms with van der Waals surface area (Å²) in [6.07, 6.45) is 2.22. The second kappa shape index (κ2) is 16.8. The van der Waals surface area contributed by atoms with Crippen LogP contribution in [0.2, 0.25) is 20.1 Å². The molecule has 0 spiro atoms. The molecule has 0 saturated carbocycles. The third-order valence-corrected chi connectivity index (χ3v) is 8.71. The lowest BCUT2D eigenvalue weighted by molar-refractivity contribution is -0.137. The zero-order valence-corrected chi connectivity index (χ0v) is 28.6. The first-order valence-corrected chi connectivity index (χ1v) is 16.0. The topological polar surface area (TPSA) is 98.7 Å². The van der Waals surface area contributed by atoms with E-state index >= 15 is 0 Å². The highest BCUT2D eigenvalue weighted by atomic mass is 35.5. The maximum atomic E-state index is 11.1. The van der Waals surface area contributed by atoms with Crippen molar-refractivity contribution in [3.63, 3.8) is 0 Å². The molecule has 4 N–H and O–H groups in total. The van der Waals surface area contributed by atoms with E-state index in [4.69, 9.17) is 56.6 Å². The maximum absolute atomic E-state index is 11.1. The van der Waals surface area contributed by atoms with E-state index < -0.39 is 11.9 Å². The molecule has 0 heterocycles. The van der Waals surface area contributed by atoms with Crippen LogP contribution in [0.15, 0.2) is 60.7 Å². The summed E-state index contributed by atoms with van der Waals surface area (Å²) in [5.74, 6) is -1.73. The van der Waals surface area contributed by atoms with Crippen molar-refractivity contribution in [1.82, 2.24) is 0 Å². The van der Waals surface area contributed by atoms with Crippen molar-refractivity contribution in [3.05, 3.63) is 114 Å². The van der Waals surface area contributed by atoms with Gasteiger partial charge in [-0.15, -0.1) is 0 Å². The van der Waals surface area contributed by atoms with Gasteiger partial charge in [0.05, 0.1) is 34.3 Å². The Labute approximate surface area is 284 Å². The molecule has 4 aromatic rings. The molecule has 0 atom stereocenters. The molecule has 45 heavy (non-hydrogen) atoms. The predicted molar refractivity (Wildman–Crippen MR) is 188 cm³/mol. The second-order valence-corrected chi connectivity index (χ2v) is 11.9. The molecule has 0 aliphatic heterocycles. The Morgan fingerprint density at radius 2 is 1.02 bits per heavy atom. The van der Waals surface area contributed by atoms with Gasteiger partial charge in [-0.1, -0.05) is 97.0 Å². The number of benzene rings is 4. The van der Waals surface area contributed by atoms with Crippen LogP contribution in [0, 0.1) is 6.92 Å². The van der Waals surface area contributed by atoms with Crippen molar-refractivity contribution in [1.29, 1.82) is 0 Å². The van der Waals surface area contributed by atoms with Gasteiger partial charge in [-0.05, 0) is 90.4 Å². The average Bonchev–Trinajstić information content (AvgIpc) is 2.98. The average molecular weight is 690 g/mol. The van der Waals surface area contributed by atoms with Gasteiger partial charge in [-0.2, -0.15) is 0 Å². The fourth-order valence-electron chi connectivity index (χ4n) is 4.78. The van der Waals surface area contributed by atoms with E-state index in [1.165, 1.54) is 0 Å². The molecule has 0 aromatic heterocycles. The summed E-state index contributed by atoms with van der Waals surface area (Å²) >= 11 is 25.1. The monoisotopic (exact) mass is 688 g/mol. The summed E-state index contributed by atoms with van der Waals surface area (Å²) in [5, 5.41) is 27.0. The number of aliphatic carboxylic acids is 2. The van der Waals surface area contributed by atoms with Crippen LogP contribution in [0.25, 0.3) is 0 Å². The lowest BCUT2D eigenvalue weighted by Crippen LogP contribution is -2.05. The number of nitrogens with one attached hydrogen (secondary N) is 2. The van der Waals surface area contributed by atoms with Gasteiger partial charge in [-0.25, -0.2) is 0 Å². The third-order valence-electron chi connectivity index (χ3n) is 7.14. The van der Waals surface area contributed by atoms with Gasteiger partial charge in [0.25, 0.3) is 0 Å². The molecule has 238 valence electrons. The molecule has 0 bridgehead atoms. The number of anilines is 4. The van der Waals surface area contributed by atoms with Crippen LogP contribution >= 0.6 is 46.4 Å². The number of carboxylic acids is 2. The van der Waals surface area contributed by atoms with E-state index in [9.17, 15) is 9.59 Å². The van der Waals surface area contributed by atoms with Crippen molar-refractivity contribution < 1.29 is 19.8 Å². The molecule has 0 unspecified atom stereocenters. The van der Waals surface area contributed by atoms with Crippen molar-refractivity contribution in [2.24, 2.45) is 0 Å². The van der Waals surface area contributed by atoms with Crippen molar-refractivity contribution in [3.8, 4) is 0 Å². The standard InChI is InChI=1S/C18H19Cl2NO2.C17H17Cl2NO2/c1-3-11-5-7-15(12(9-11)10-17(22)23)21-16-8-6-14(19)13(4-2)18(16)20;1-3-12-13(18)5-7-15(17(12)19)20-14-6-4-10(2)8-11(14)9-16(21)22/h5-9,21H,3-4,10H2,1-2H3,(H,22,23);4-8,20H,3,9H2,1-2H3,(H,21,22). The zero-order valence-electron chi connectivity index (χ0n) is 25.5. The highest BCUT2D eigenvalue weighted by molar-refractivity contribution is 6.38. The quantitative estimate of drug-likeness (QED) is 0.125. The molecular formula is C35H36Cl4N2O4. The van der Waals surface area contributed by atoms with E-state index in [0.717, 1.165) is 75.4 Å². The molecule has 4 rings (SSSR count). The number of rotatable bonds is 11. The van der Waals surface area contributed by atoms with E-state index in [-0.39, 0.29) is 12.8 Å². The molecule has 0 saturated heterocycles. The normalized spacial score (nSPS) is 10.6. The Bertz CT molecular complexity index is 1690. The Balaban J connectivity index is 0.000000246. The number of carboxylic acid groups (broad SMARTS) is 2. The largest absolute Gasteiger partial charge is 0.481 e. The molecule has 0 amide bonds. The first-order valence-electron chi connectivity index (χ1n) is 14.5. The van der Waals surface area contributed by atoms with Crippen LogP contribution in [0.3, 0.4) is 0 Å². The van der Waals surface area contributed by atoms with E-state index in [1.807, 2.05) is 70.2 Å². The zero-order chi connectivity index (χ0) is 33.3. The minimum atomic E-state index is -0.870. The molecule has 4 aromatic carbocycles.